The molecule has 0 saturated carbocycles. The second-order valence-electron chi connectivity index (χ2n) is 5.08. The van der Waals surface area contributed by atoms with Crippen LogP contribution < -0.4 is 15.8 Å². The highest BCUT2D eigenvalue weighted by molar-refractivity contribution is 5.76. The molecule has 1 aliphatic heterocycles. The van der Waals surface area contributed by atoms with Crippen molar-refractivity contribution in [2.24, 2.45) is 0 Å². The molecular weight excluding hydrogens is 244 g/mol. The molecule has 1 unspecified atom stereocenters. The van der Waals surface area contributed by atoms with E-state index in [2.05, 4.69) is 5.32 Å². The van der Waals surface area contributed by atoms with Gasteiger partial charge in [-0.25, -0.2) is 0 Å². The average Bonchev–Trinajstić information content (AvgIpc) is 2.75. The van der Waals surface area contributed by atoms with Crippen LogP contribution in [0.5, 0.6) is 5.75 Å². The van der Waals surface area contributed by atoms with Crippen LogP contribution in [0.3, 0.4) is 0 Å². The molecule has 1 heterocycles. The van der Waals surface area contributed by atoms with E-state index in [4.69, 9.17) is 15.2 Å². The van der Waals surface area contributed by atoms with Crippen molar-refractivity contribution in [3.8, 4) is 5.75 Å². The predicted molar refractivity (Wildman–Crippen MR) is 73.0 cm³/mol. The zero-order valence-electron chi connectivity index (χ0n) is 11.1. The lowest BCUT2D eigenvalue weighted by Crippen LogP contribution is -2.46. The largest absolute Gasteiger partial charge is 0.493 e. The Morgan fingerprint density at radius 3 is 3.11 bits per heavy atom. The topological polar surface area (TPSA) is 73.6 Å². The summed E-state index contributed by atoms with van der Waals surface area (Å²) in [5.74, 6) is 0.667. The van der Waals surface area contributed by atoms with Crippen LogP contribution in [0.1, 0.15) is 19.8 Å². The standard InChI is InChI=1S/C14H20N2O3/c1-14(6-8-18-10-14)16-13(17)5-7-19-12-4-2-3-11(15)9-12/h2-4,9H,5-8,10,15H2,1H3,(H,16,17). The maximum atomic E-state index is 11.8. The molecule has 1 aromatic carbocycles. The molecule has 5 nitrogen and oxygen atoms in total. The van der Waals surface area contributed by atoms with Gasteiger partial charge in [0.25, 0.3) is 0 Å². The Bertz CT molecular complexity index is 442. The molecule has 1 fully saturated rings. The van der Waals surface area contributed by atoms with Crippen molar-refractivity contribution >= 4 is 11.6 Å². The highest BCUT2D eigenvalue weighted by Crippen LogP contribution is 2.18. The summed E-state index contributed by atoms with van der Waals surface area (Å²) < 4.78 is 10.8. The zero-order valence-corrected chi connectivity index (χ0v) is 11.1. The van der Waals surface area contributed by atoms with Crippen LogP contribution in [0.15, 0.2) is 24.3 Å². The van der Waals surface area contributed by atoms with E-state index in [9.17, 15) is 4.79 Å². The highest BCUT2D eigenvalue weighted by Gasteiger charge is 2.30. The predicted octanol–water partition coefficient (Wildman–Crippen LogP) is 1.33. The number of ether oxygens (including phenoxy) is 2. The van der Waals surface area contributed by atoms with Gasteiger partial charge in [0.1, 0.15) is 5.75 Å². The summed E-state index contributed by atoms with van der Waals surface area (Å²) in [6.45, 7) is 3.62. The normalized spacial score (nSPS) is 22.2. The van der Waals surface area contributed by atoms with Crippen LogP contribution >= 0.6 is 0 Å². The fourth-order valence-corrected chi connectivity index (χ4v) is 2.03. The third-order valence-corrected chi connectivity index (χ3v) is 3.12. The van der Waals surface area contributed by atoms with Crippen LogP contribution in [0.25, 0.3) is 0 Å². The first-order valence-electron chi connectivity index (χ1n) is 6.44. The number of hydrogen-bond donors (Lipinski definition) is 2. The lowest BCUT2D eigenvalue weighted by Gasteiger charge is -2.23. The lowest BCUT2D eigenvalue weighted by molar-refractivity contribution is -0.123. The summed E-state index contributed by atoms with van der Waals surface area (Å²) >= 11 is 0. The molecule has 2 rings (SSSR count). The van der Waals surface area contributed by atoms with E-state index in [0.717, 1.165) is 6.42 Å². The number of nitrogen functional groups attached to an aromatic ring is 1. The second-order valence-corrected chi connectivity index (χ2v) is 5.08. The maximum absolute atomic E-state index is 11.8. The van der Waals surface area contributed by atoms with Crippen LogP contribution in [-0.4, -0.2) is 31.3 Å². The molecular formula is C14H20N2O3. The monoisotopic (exact) mass is 264 g/mol. The van der Waals surface area contributed by atoms with Gasteiger partial charge in [0.15, 0.2) is 0 Å². The van der Waals surface area contributed by atoms with Crippen LogP contribution in [0, 0.1) is 0 Å². The average molecular weight is 264 g/mol. The van der Waals surface area contributed by atoms with Crippen molar-refractivity contribution in [1.29, 1.82) is 0 Å². The number of amides is 1. The number of anilines is 1. The van der Waals surface area contributed by atoms with Crippen LogP contribution in [-0.2, 0) is 9.53 Å². The molecule has 0 radical (unpaired) electrons. The number of benzene rings is 1. The maximum Gasteiger partial charge on any atom is 0.223 e. The third-order valence-electron chi connectivity index (χ3n) is 3.12. The molecule has 3 N–H and O–H groups in total. The summed E-state index contributed by atoms with van der Waals surface area (Å²) in [4.78, 5) is 11.8. The van der Waals surface area contributed by atoms with Crippen LogP contribution in [0.2, 0.25) is 0 Å². The van der Waals surface area contributed by atoms with Gasteiger partial charge in [-0.15, -0.1) is 0 Å². The highest BCUT2D eigenvalue weighted by atomic mass is 16.5. The molecule has 1 aliphatic rings. The Balaban J connectivity index is 1.72. The first-order chi connectivity index (χ1) is 9.07. The molecule has 1 saturated heterocycles. The number of carbonyl (C=O) groups excluding carboxylic acids is 1. The molecule has 104 valence electrons. The van der Waals surface area contributed by atoms with Gasteiger partial charge >= 0.3 is 0 Å². The number of nitrogens with one attached hydrogen (secondary N) is 1. The Kier molecular flexibility index (Phi) is 4.27. The minimum atomic E-state index is -0.228. The summed E-state index contributed by atoms with van der Waals surface area (Å²) in [5.41, 5.74) is 6.07. The van der Waals surface area contributed by atoms with Crippen molar-refractivity contribution in [1.82, 2.24) is 5.32 Å². The molecule has 0 bridgehead atoms. The fraction of sp³-hybridized carbons (Fsp3) is 0.500. The Morgan fingerprint density at radius 1 is 1.58 bits per heavy atom. The van der Waals surface area contributed by atoms with Crippen molar-refractivity contribution < 1.29 is 14.3 Å². The van der Waals surface area contributed by atoms with Gasteiger partial charge in [-0.2, -0.15) is 0 Å². The molecule has 1 aromatic rings. The first-order valence-corrected chi connectivity index (χ1v) is 6.44. The van der Waals surface area contributed by atoms with Crippen molar-refractivity contribution in [2.45, 2.75) is 25.3 Å². The number of carbonyl (C=O) groups is 1. The molecule has 0 aromatic heterocycles. The van der Waals surface area contributed by atoms with Crippen LogP contribution in [0.4, 0.5) is 5.69 Å². The van der Waals surface area contributed by atoms with E-state index >= 15 is 0 Å². The SMILES string of the molecule is CC1(NC(=O)CCOc2cccc(N)c2)CCOC1. The zero-order chi connectivity index (χ0) is 13.7. The van der Waals surface area contributed by atoms with Crippen molar-refractivity contribution in [3.63, 3.8) is 0 Å². The molecule has 0 aliphatic carbocycles. The number of hydrogen-bond acceptors (Lipinski definition) is 4. The molecule has 5 heteroatoms. The minimum absolute atomic E-state index is 0.0168. The molecule has 1 amide bonds. The van der Waals surface area contributed by atoms with E-state index in [1.165, 1.54) is 0 Å². The molecule has 1 atom stereocenters. The Hall–Kier alpha value is -1.75. The summed E-state index contributed by atoms with van der Waals surface area (Å²) in [7, 11) is 0. The molecule has 19 heavy (non-hydrogen) atoms. The fourth-order valence-electron chi connectivity index (χ4n) is 2.03. The van der Waals surface area contributed by atoms with E-state index in [0.29, 0.717) is 37.7 Å². The van der Waals surface area contributed by atoms with Crippen molar-refractivity contribution in [3.05, 3.63) is 24.3 Å². The van der Waals surface area contributed by atoms with E-state index in [-0.39, 0.29) is 11.4 Å². The van der Waals surface area contributed by atoms with Gasteiger partial charge in [0.2, 0.25) is 5.91 Å². The number of nitrogens with two attached hydrogens (primary N) is 1. The van der Waals surface area contributed by atoms with Crippen molar-refractivity contribution in [2.75, 3.05) is 25.6 Å². The van der Waals surface area contributed by atoms with E-state index in [1.807, 2.05) is 19.1 Å². The van der Waals surface area contributed by atoms with Gasteiger partial charge < -0.3 is 20.5 Å². The van der Waals surface area contributed by atoms with Gasteiger partial charge in [0.05, 0.1) is 25.2 Å². The Labute approximate surface area is 113 Å². The minimum Gasteiger partial charge on any atom is -0.493 e. The van der Waals surface area contributed by atoms with Gasteiger partial charge in [-0.3, -0.25) is 4.79 Å². The molecule has 0 spiro atoms. The summed E-state index contributed by atoms with van der Waals surface area (Å²) in [6, 6.07) is 7.17. The van der Waals surface area contributed by atoms with Gasteiger partial charge in [-0.05, 0) is 25.5 Å². The third kappa shape index (κ3) is 4.13. The lowest BCUT2D eigenvalue weighted by atomic mass is 10.0. The summed E-state index contributed by atoms with van der Waals surface area (Å²) in [5, 5.41) is 2.98. The second kappa shape index (κ2) is 5.93. The summed E-state index contributed by atoms with van der Waals surface area (Å²) in [6.07, 6.45) is 1.18. The van der Waals surface area contributed by atoms with Gasteiger partial charge in [-0.1, -0.05) is 6.07 Å². The number of rotatable bonds is 5. The van der Waals surface area contributed by atoms with E-state index in [1.54, 1.807) is 12.1 Å². The quantitative estimate of drug-likeness (QED) is 0.787. The Morgan fingerprint density at radius 2 is 2.42 bits per heavy atom. The smallest absolute Gasteiger partial charge is 0.223 e. The van der Waals surface area contributed by atoms with Gasteiger partial charge in [0, 0.05) is 18.4 Å². The first kappa shape index (κ1) is 13.7. The van der Waals surface area contributed by atoms with E-state index < -0.39 is 0 Å².